The fourth-order valence-electron chi connectivity index (χ4n) is 3.98. The number of rotatable bonds is 5. The molecule has 0 unspecified atom stereocenters. The maximum Gasteiger partial charge on any atom is 0.244 e. The predicted octanol–water partition coefficient (Wildman–Crippen LogP) is 3.29. The summed E-state index contributed by atoms with van der Waals surface area (Å²) in [5.74, 6) is 2.02. The normalized spacial score (nSPS) is 13.4. The zero-order valence-electron chi connectivity index (χ0n) is 18.3. The fraction of sp³-hybridized carbons (Fsp3) is 0.250. The van der Waals surface area contributed by atoms with Crippen LogP contribution in [0.25, 0.3) is 22.8 Å². The number of benzene rings is 2. The van der Waals surface area contributed by atoms with Gasteiger partial charge in [-0.25, -0.2) is 14.6 Å². The van der Waals surface area contributed by atoms with E-state index in [2.05, 4.69) is 4.98 Å². The van der Waals surface area contributed by atoms with Crippen molar-refractivity contribution in [2.24, 2.45) is 0 Å². The molecular formula is C24H24N6O2S. The van der Waals surface area contributed by atoms with Gasteiger partial charge in [0.15, 0.2) is 16.8 Å². The second-order valence-electron chi connectivity index (χ2n) is 7.81. The highest BCUT2D eigenvalue weighted by molar-refractivity contribution is 7.15. The first-order valence-corrected chi connectivity index (χ1v) is 11.6. The molecular weight excluding hydrogens is 436 g/mol. The highest BCUT2D eigenvalue weighted by Crippen LogP contribution is 2.26. The zero-order valence-corrected chi connectivity index (χ0v) is 19.1. The van der Waals surface area contributed by atoms with Gasteiger partial charge in [-0.05, 0) is 24.3 Å². The lowest BCUT2D eigenvalue weighted by molar-refractivity contribution is -0.131. The van der Waals surface area contributed by atoms with E-state index in [1.165, 1.54) is 16.2 Å². The Morgan fingerprint density at radius 2 is 1.79 bits per heavy atom. The van der Waals surface area contributed by atoms with Crippen LogP contribution in [0.2, 0.25) is 0 Å². The SMILES string of the molecule is COc1ccc(-c2nc(-c3ccccc3)n(CC(=O)N3CCc4nc(N)sc4CC3)n2)cc1. The molecule has 0 bridgehead atoms. The first-order chi connectivity index (χ1) is 16.1. The van der Waals surface area contributed by atoms with Gasteiger partial charge in [-0.15, -0.1) is 16.4 Å². The molecule has 0 atom stereocenters. The van der Waals surface area contributed by atoms with Gasteiger partial charge in [0.05, 0.1) is 12.8 Å². The van der Waals surface area contributed by atoms with Crippen LogP contribution in [0, 0.1) is 0 Å². The number of methoxy groups -OCH3 is 1. The van der Waals surface area contributed by atoms with Crippen LogP contribution in [-0.4, -0.2) is 50.8 Å². The minimum atomic E-state index is 0.0153. The number of carbonyl (C=O) groups is 1. The Morgan fingerprint density at radius 1 is 1.03 bits per heavy atom. The van der Waals surface area contributed by atoms with Crippen molar-refractivity contribution >= 4 is 22.4 Å². The smallest absolute Gasteiger partial charge is 0.244 e. The third kappa shape index (κ3) is 4.45. The molecule has 9 heteroatoms. The van der Waals surface area contributed by atoms with Crippen LogP contribution in [0.3, 0.4) is 0 Å². The van der Waals surface area contributed by atoms with Gasteiger partial charge in [-0.3, -0.25) is 4.79 Å². The number of anilines is 1. The summed E-state index contributed by atoms with van der Waals surface area (Å²) in [4.78, 5) is 25.5. The van der Waals surface area contributed by atoms with E-state index in [1.807, 2.05) is 59.5 Å². The number of hydrogen-bond donors (Lipinski definition) is 1. The Hall–Kier alpha value is -3.72. The maximum atomic E-state index is 13.3. The van der Waals surface area contributed by atoms with Gasteiger partial charge in [0.1, 0.15) is 12.3 Å². The molecule has 0 radical (unpaired) electrons. The van der Waals surface area contributed by atoms with Crippen molar-refractivity contribution in [1.82, 2.24) is 24.6 Å². The van der Waals surface area contributed by atoms with Crippen molar-refractivity contribution in [2.75, 3.05) is 25.9 Å². The van der Waals surface area contributed by atoms with Crippen LogP contribution < -0.4 is 10.5 Å². The van der Waals surface area contributed by atoms with E-state index in [4.69, 9.17) is 20.6 Å². The highest BCUT2D eigenvalue weighted by atomic mass is 32.1. The van der Waals surface area contributed by atoms with Gasteiger partial charge in [0.2, 0.25) is 5.91 Å². The number of ether oxygens (including phenoxy) is 1. The average molecular weight is 461 g/mol. The molecule has 2 aromatic carbocycles. The summed E-state index contributed by atoms with van der Waals surface area (Å²) in [5.41, 5.74) is 8.64. The molecule has 5 rings (SSSR count). The Balaban J connectivity index is 1.40. The van der Waals surface area contributed by atoms with E-state index in [0.29, 0.717) is 29.9 Å². The molecule has 8 nitrogen and oxygen atoms in total. The van der Waals surface area contributed by atoms with Crippen LogP contribution in [-0.2, 0) is 24.2 Å². The molecule has 2 aromatic heterocycles. The lowest BCUT2D eigenvalue weighted by Gasteiger charge is -2.20. The van der Waals surface area contributed by atoms with E-state index in [9.17, 15) is 4.79 Å². The van der Waals surface area contributed by atoms with Gasteiger partial charge in [0.25, 0.3) is 0 Å². The Labute approximate surface area is 195 Å². The topological polar surface area (TPSA) is 99.2 Å². The van der Waals surface area contributed by atoms with Crippen LogP contribution in [0.1, 0.15) is 10.6 Å². The van der Waals surface area contributed by atoms with Crippen molar-refractivity contribution in [3.8, 4) is 28.5 Å². The second kappa shape index (κ2) is 9.03. The van der Waals surface area contributed by atoms with Gasteiger partial charge in [-0.1, -0.05) is 30.3 Å². The molecule has 4 aromatic rings. The monoisotopic (exact) mass is 460 g/mol. The van der Waals surface area contributed by atoms with Crippen LogP contribution in [0.15, 0.2) is 54.6 Å². The van der Waals surface area contributed by atoms with E-state index in [-0.39, 0.29) is 12.5 Å². The number of fused-ring (bicyclic) bond motifs is 1. The van der Waals surface area contributed by atoms with Gasteiger partial charge in [0, 0.05) is 41.9 Å². The van der Waals surface area contributed by atoms with E-state index < -0.39 is 0 Å². The molecule has 0 spiro atoms. The lowest BCUT2D eigenvalue weighted by atomic mass is 10.2. The molecule has 0 fully saturated rings. The third-order valence-electron chi connectivity index (χ3n) is 5.71. The van der Waals surface area contributed by atoms with Crippen LogP contribution in [0.5, 0.6) is 5.75 Å². The molecule has 168 valence electrons. The summed E-state index contributed by atoms with van der Waals surface area (Å²) in [7, 11) is 1.63. The Kier molecular flexibility index (Phi) is 5.78. The van der Waals surface area contributed by atoms with Gasteiger partial charge < -0.3 is 15.4 Å². The first-order valence-electron chi connectivity index (χ1n) is 10.8. The number of nitrogen functional groups attached to an aromatic ring is 1. The zero-order chi connectivity index (χ0) is 22.8. The van der Waals surface area contributed by atoms with Gasteiger partial charge >= 0.3 is 0 Å². The lowest BCUT2D eigenvalue weighted by Crippen LogP contribution is -2.36. The standard InChI is InChI=1S/C24H24N6O2S/c1-32-18-9-7-16(8-10-18)22-27-23(17-5-3-2-4-6-17)30(28-22)15-21(31)29-13-11-19-20(12-14-29)33-24(25)26-19/h2-10H,11-15H2,1H3,(H2,25,26). The Bertz CT molecular complexity index is 1240. The molecule has 1 amide bonds. The summed E-state index contributed by atoms with van der Waals surface area (Å²) in [6, 6.07) is 17.4. The van der Waals surface area contributed by atoms with E-state index in [1.54, 1.807) is 11.8 Å². The summed E-state index contributed by atoms with van der Waals surface area (Å²) >= 11 is 1.52. The maximum absolute atomic E-state index is 13.3. The number of nitrogens with two attached hydrogens (primary N) is 1. The number of carbonyl (C=O) groups excluding carboxylic acids is 1. The first kappa shape index (κ1) is 21.1. The van der Waals surface area contributed by atoms with E-state index in [0.717, 1.165) is 35.4 Å². The van der Waals surface area contributed by atoms with Crippen LogP contribution in [0.4, 0.5) is 5.13 Å². The number of aromatic nitrogens is 4. The quantitative estimate of drug-likeness (QED) is 0.491. The number of amides is 1. The van der Waals surface area contributed by atoms with Crippen molar-refractivity contribution in [2.45, 2.75) is 19.4 Å². The van der Waals surface area contributed by atoms with Crippen molar-refractivity contribution in [1.29, 1.82) is 0 Å². The molecule has 0 saturated carbocycles. The number of hydrogen-bond acceptors (Lipinski definition) is 7. The summed E-state index contributed by atoms with van der Waals surface area (Å²) in [6.45, 7) is 1.39. The summed E-state index contributed by atoms with van der Waals surface area (Å²) in [6.07, 6.45) is 1.49. The second-order valence-corrected chi connectivity index (χ2v) is 8.93. The molecule has 2 N–H and O–H groups in total. The molecule has 33 heavy (non-hydrogen) atoms. The average Bonchev–Trinajstić information content (AvgIpc) is 3.36. The molecule has 1 aliphatic rings. The molecule has 3 heterocycles. The predicted molar refractivity (Wildman–Crippen MR) is 128 cm³/mol. The minimum Gasteiger partial charge on any atom is -0.497 e. The van der Waals surface area contributed by atoms with Gasteiger partial charge in [-0.2, -0.15) is 0 Å². The highest BCUT2D eigenvalue weighted by Gasteiger charge is 2.23. The molecule has 1 aliphatic heterocycles. The summed E-state index contributed by atoms with van der Waals surface area (Å²) in [5, 5.41) is 5.30. The summed E-state index contributed by atoms with van der Waals surface area (Å²) < 4.78 is 6.95. The number of nitrogens with zero attached hydrogens (tertiary/aromatic N) is 5. The van der Waals surface area contributed by atoms with Crippen LogP contribution >= 0.6 is 11.3 Å². The largest absolute Gasteiger partial charge is 0.497 e. The van der Waals surface area contributed by atoms with Crippen molar-refractivity contribution in [3.05, 3.63) is 65.2 Å². The van der Waals surface area contributed by atoms with Crippen molar-refractivity contribution < 1.29 is 9.53 Å². The minimum absolute atomic E-state index is 0.0153. The third-order valence-corrected chi connectivity index (χ3v) is 6.70. The molecule has 0 saturated heterocycles. The fourth-order valence-corrected chi connectivity index (χ4v) is 4.84. The number of thiazole rings is 1. The van der Waals surface area contributed by atoms with E-state index >= 15 is 0 Å². The molecule has 0 aliphatic carbocycles. The Morgan fingerprint density at radius 3 is 2.55 bits per heavy atom. The van der Waals surface area contributed by atoms with Crippen molar-refractivity contribution in [3.63, 3.8) is 0 Å².